The average molecular weight is 385 g/mol. The largest absolute Gasteiger partial charge is 2.00 e. The van der Waals surface area contributed by atoms with Crippen molar-refractivity contribution in [2.45, 2.75) is 79.1 Å². The van der Waals surface area contributed by atoms with Gasteiger partial charge in [0.05, 0.1) is 0 Å². The van der Waals surface area contributed by atoms with Gasteiger partial charge in [-0.05, 0) is 24.7 Å². The van der Waals surface area contributed by atoms with Crippen molar-refractivity contribution in [3.63, 3.8) is 0 Å². The summed E-state index contributed by atoms with van der Waals surface area (Å²) in [6.07, 6.45) is 6.63. The second kappa shape index (κ2) is 21.8. The summed E-state index contributed by atoms with van der Waals surface area (Å²) in [5.41, 5.74) is 0. The van der Waals surface area contributed by atoms with Gasteiger partial charge in [-0.25, -0.2) is 0 Å². The summed E-state index contributed by atoms with van der Waals surface area (Å²) in [6, 6.07) is 0. The van der Waals surface area contributed by atoms with Crippen LogP contribution in [-0.4, -0.2) is 63.0 Å². The van der Waals surface area contributed by atoms with Gasteiger partial charge in [-0.15, -0.1) is 0 Å². The molecule has 0 aliphatic rings. The Hall–Kier alpha value is -0.200. The molecule has 7 heteroatoms. The van der Waals surface area contributed by atoms with Crippen LogP contribution in [0.5, 0.6) is 0 Å². The normalized spacial score (nSPS) is 12.0. The van der Waals surface area contributed by atoms with Gasteiger partial charge >= 0.3 is 37.7 Å². The van der Waals surface area contributed by atoms with E-state index in [9.17, 15) is 19.8 Å². The van der Waals surface area contributed by atoms with E-state index in [0.29, 0.717) is 24.9 Å². The Bertz CT molecular complexity index is 287. The van der Waals surface area contributed by atoms with E-state index >= 15 is 0 Å². The number of amides is 2. The van der Waals surface area contributed by atoms with E-state index in [-0.39, 0.29) is 37.7 Å². The molecule has 6 nitrogen and oxygen atoms in total. The van der Waals surface area contributed by atoms with Gasteiger partial charge in [0.25, 0.3) is 0 Å². The van der Waals surface area contributed by atoms with Crippen molar-refractivity contribution < 1.29 is 19.8 Å². The molecular weight excluding hydrogens is 348 g/mol. The summed E-state index contributed by atoms with van der Waals surface area (Å²) in [6.45, 7) is 9.52. The minimum Gasteiger partial charge on any atom is -0.530 e. The Morgan fingerprint density at radius 2 is 1.08 bits per heavy atom. The summed E-state index contributed by atoms with van der Waals surface area (Å²) in [5.74, 6) is 0.950. The van der Waals surface area contributed by atoms with E-state index in [1.807, 2.05) is 0 Å². The molecule has 0 aliphatic carbocycles. The van der Waals surface area contributed by atoms with Gasteiger partial charge in [-0.2, -0.15) is 0 Å². The first-order valence-electron chi connectivity index (χ1n) is 9.30. The average Bonchev–Trinajstić information content (AvgIpc) is 2.55. The first-order valence-corrected chi connectivity index (χ1v) is 9.30. The predicted molar refractivity (Wildman–Crippen MR) is 99.2 cm³/mol. The molecule has 0 fully saturated rings. The summed E-state index contributed by atoms with van der Waals surface area (Å²) in [7, 11) is 0. The fraction of sp³-hybridized carbons (Fsp3) is 0.889. The molecular formula is C18H36CaN2O4. The SMILES string of the molecule is CCCCC(CC)CNC(=O)[O-].CCCCC(CC)CNC(=O)[O-].[Ca+2]. The molecule has 0 aromatic rings. The zero-order valence-corrected chi connectivity index (χ0v) is 18.8. The van der Waals surface area contributed by atoms with Crippen LogP contribution in [-0.2, 0) is 0 Å². The number of carbonyl (C=O) groups excluding carboxylic acids is 2. The zero-order chi connectivity index (χ0) is 18.8. The standard InChI is InChI=1S/2C9H19NO2.Ca/c2*1-3-5-6-8(4-2)7-10-9(11)12;/h2*8,10H,3-7H2,1-2H3,(H,11,12);/q;;+2/p-2. The van der Waals surface area contributed by atoms with Gasteiger partial charge in [0.15, 0.2) is 0 Å². The monoisotopic (exact) mass is 384 g/mol. The summed E-state index contributed by atoms with van der Waals surface area (Å²) in [5, 5.41) is 24.8. The fourth-order valence-corrected chi connectivity index (χ4v) is 2.34. The molecule has 0 aliphatic heterocycles. The minimum absolute atomic E-state index is 0. The van der Waals surface area contributed by atoms with Gasteiger partial charge < -0.3 is 30.4 Å². The van der Waals surface area contributed by atoms with Crippen LogP contribution >= 0.6 is 0 Å². The summed E-state index contributed by atoms with van der Waals surface area (Å²) in [4.78, 5) is 20.1. The van der Waals surface area contributed by atoms with Crippen LogP contribution < -0.4 is 20.8 Å². The number of rotatable bonds is 12. The van der Waals surface area contributed by atoms with E-state index < -0.39 is 12.2 Å². The molecule has 144 valence electrons. The van der Waals surface area contributed by atoms with Gasteiger partial charge in [-0.3, -0.25) is 0 Å². The molecule has 2 atom stereocenters. The number of nitrogens with one attached hydrogen (secondary N) is 2. The Labute approximate surface area is 183 Å². The molecule has 2 N–H and O–H groups in total. The smallest absolute Gasteiger partial charge is 0.530 e. The second-order valence-corrected chi connectivity index (χ2v) is 6.17. The maximum Gasteiger partial charge on any atom is 2.00 e. The predicted octanol–water partition coefficient (Wildman–Crippen LogP) is 1.89. The van der Waals surface area contributed by atoms with Crippen molar-refractivity contribution in [2.24, 2.45) is 11.8 Å². The van der Waals surface area contributed by atoms with Crippen LogP contribution in [0.1, 0.15) is 79.1 Å². The van der Waals surface area contributed by atoms with Crippen LogP contribution in [0.15, 0.2) is 0 Å². The van der Waals surface area contributed by atoms with Crippen LogP contribution in [0.25, 0.3) is 0 Å². The van der Waals surface area contributed by atoms with E-state index in [4.69, 9.17) is 0 Å². The van der Waals surface area contributed by atoms with Gasteiger partial charge in [-0.1, -0.05) is 66.2 Å². The van der Waals surface area contributed by atoms with Gasteiger partial charge in [0, 0.05) is 13.1 Å². The Balaban J connectivity index is -0.000000372. The molecule has 0 bridgehead atoms. The quantitative estimate of drug-likeness (QED) is 0.501. The van der Waals surface area contributed by atoms with Crippen LogP contribution in [0, 0.1) is 11.8 Å². The Morgan fingerprint density at radius 1 is 0.760 bits per heavy atom. The second-order valence-electron chi connectivity index (χ2n) is 6.17. The third kappa shape index (κ3) is 23.8. The number of carbonyl (C=O) groups is 2. The summed E-state index contributed by atoms with van der Waals surface area (Å²) < 4.78 is 0. The van der Waals surface area contributed by atoms with Crippen molar-refractivity contribution >= 4 is 49.9 Å². The first-order chi connectivity index (χ1) is 11.4. The topological polar surface area (TPSA) is 104 Å². The van der Waals surface area contributed by atoms with E-state index in [1.165, 1.54) is 25.7 Å². The molecule has 25 heavy (non-hydrogen) atoms. The summed E-state index contributed by atoms with van der Waals surface area (Å²) >= 11 is 0. The molecule has 0 saturated heterocycles. The maximum atomic E-state index is 10.1. The maximum absolute atomic E-state index is 10.1. The van der Waals surface area contributed by atoms with Gasteiger partial charge in [0.1, 0.15) is 12.2 Å². The molecule has 0 heterocycles. The molecule has 2 amide bonds. The molecule has 2 unspecified atom stereocenters. The fourth-order valence-electron chi connectivity index (χ4n) is 2.34. The first kappa shape index (κ1) is 29.6. The van der Waals surface area contributed by atoms with Crippen molar-refractivity contribution in [3.8, 4) is 0 Å². The Morgan fingerprint density at radius 3 is 1.28 bits per heavy atom. The molecule has 0 rings (SSSR count). The van der Waals surface area contributed by atoms with E-state index in [0.717, 1.165) is 25.7 Å². The van der Waals surface area contributed by atoms with Crippen molar-refractivity contribution in [1.82, 2.24) is 10.6 Å². The molecule has 0 aromatic carbocycles. The van der Waals surface area contributed by atoms with Crippen LogP contribution in [0.2, 0.25) is 0 Å². The number of hydrogen-bond donors (Lipinski definition) is 2. The van der Waals surface area contributed by atoms with Crippen molar-refractivity contribution in [2.75, 3.05) is 13.1 Å². The number of carboxylic acid groups (broad SMARTS) is 2. The zero-order valence-electron chi connectivity index (χ0n) is 16.6. The number of hydrogen-bond acceptors (Lipinski definition) is 4. The third-order valence-corrected chi connectivity index (χ3v) is 4.16. The molecule has 0 spiro atoms. The van der Waals surface area contributed by atoms with E-state index in [2.05, 4.69) is 38.3 Å². The minimum atomic E-state index is -1.16. The van der Waals surface area contributed by atoms with E-state index in [1.54, 1.807) is 0 Å². The Kier molecular flexibility index (Phi) is 25.8. The molecule has 0 radical (unpaired) electrons. The van der Waals surface area contributed by atoms with Gasteiger partial charge in [0.2, 0.25) is 0 Å². The van der Waals surface area contributed by atoms with Crippen molar-refractivity contribution in [1.29, 1.82) is 0 Å². The van der Waals surface area contributed by atoms with Crippen molar-refractivity contribution in [3.05, 3.63) is 0 Å². The third-order valence-electron chi connectivity index (χ3n) is 4.16. The molecule has 0 saturated carbocycles. The number of unbranched alkanes of at least 4 members (excludes halogenated alkanes) is 2. The van der Waals surface area contributed by atoms with Crippen LogP contribution in [0.3, 0.4) is 0 Å². The van der Waals surface area contributed by atoms with Crippen LogP contribution in [0.4, 0.5) is 9.59 Å². The molecule has 0 aromatic heterocycles.